The van der Waals surface area contributed by atoms with E-state index in [0.717, 1.165) is 6.07 Å². The lowest BCUT2D eigenvalue weighted by atomic mass is 10.1. The predicted octanol–water partition coefficient (Wildman–Crippen LogP) is 2.62. The van der Waals surface area contributed by atoms with Crippen LogP contribution in [0.2, 0.25) is 0 Å². The second-order valence-corrected chi connectivity index (χ2v) is 4.10. The molecular weight excluding hydrogens is 271 g/mol. The topological polar surface area (TPSA) is 80.5 Å². The molecule has 0 spiro atoms. The first-order valence-corrected chi connectivity index (χ1v) is 5.60. The molecule has 0 amide bonds. The SMILES string of the molecule is Nc1nc(-c2ccn[nH]2)c2cccc(C(F)(F)F)c2n1. The number of rotatable bonds is 1. The minimum Gasteiger partial charge on any atom is -0.368 e. The van der Waals surface area contributed by atoms with Gasteiger partial charge in [-0.3, -0.25) is 5.10 Å². The molecule has 0 aliphatic carbocycles. The molecule has 1 aromatic carbocycles. The molecule has 0 bridgehead atoms. The molecule has 5 nitrogen and oxygen atoms in total. The van der Waals surface area contributed by atoms with Crippen LogP contribution in [0.15, 0.2) is 30.5 Å². The summed E-state index contributed by atoms with van der Waals surface area (Å²) in [6.45, 7) is 0. The van der Waals surface area contributed by atoms with Gasteiger partial charge in [-0.05, 0) is 12.1 Å². The van der Waals surface area contributed by atoms with Crippen molar-refractivity contribution in [2.24, 2.45) is 0 Å². The normalized spacial score (nSPS) is 11.9. The van der Waals surface area contributed by atoms with Crippen LogP contribution in [0.5, 0.6) is 0 Å². The fourth-order valence-electron chi connectivity index (χ4n) is 1.99. The van der Waals surface area contributed by atoms with Gasteiger partial charge in [-0.25, -0.2) is 9.97 Å². The molecule has 3 aromatic rings. The van der Waals surface area contributed by atoms with E-state index in [1.165, 1.54) is 18.3 Å². The number of fused-ring (bicyclic) bond motifs is 1. The second kappa shape index (κ2) is 4.19. The van der Waals surface area contributed by atoms with Gasteiger partial charge in [0.05, 0.1) is 16.8 Å². The zero-order chi connectivity index (χ0) is 14.3. The molecule has 2 heterocycles. The lowest BCUT2D eigenvalue weighted by molar-refractivity contribution is -0.136. The van der Waals surface area contributed by atoms with Crippen LogP contribution in [0.3, 0.4) is 0 Å². The number of alkyl halides is 3. The van der Waals surface area contributed by atoms with Gasteiger partial charge in [0.1, 0.15) is 5.69 Å². The largest absolute Gasteiger partial charge is 0.418 e. The number of aromatic amines is 1. The van der Waals surface area contributed by atoms with Crippen molar-refractivity contribution in [2.75, 3.05) is 5.73 Å². The summed E-state index contributed by atoms with van der Waals surface area (Å²) in [6, 6.07) is 5.39. The summed E-state index contributed by atoms with van der Waals surface area (Å²) in [7, 11) is 0. The molecule has 20 heavy (non-hydrogen) atoms. The number of nitrogens with zero attached hydrogens (tertiary/aromatic N) is 3. The molecule has 0 fully saturated rings. The lowest BCUT2D eigenvalue weighted by Gasteiger charge is -2.11. The number of para-hydroxylation sites is 1. The van der Waals surface area contributed by atoms with Crippen molar-refractivity contribution < 1.29 is 13.2 Å². The summed E-state index contributed by atoms with van der Waals surface area (Å²) in [5.74, 6) is -0.223. The van der Waals surface area contributed by atoms with E-state index in [0.29, 0.717) is 5.69 Å². The van der Waals surface area contributed by atoms with Crippen molar-refractivity contribution in [3.8, 4) is 11.4 Å². The third-order valence-electron chi connectivity index (χ3n) is 2.81. The summed E-state index contributed by atoms with van der Waals surface area (Å²) in [5.41, 5.74) is 5.21. The summed E-state index contributed by atoms with van der Waals surface area (Å²) in [6.07, 6.45) is -3.03. The number of aromatic nitrogens is 4. The summed E-state index contributed by atoms with van der Waals surface area (Å²) in [4.78, 5) is 7.72. The number of hydrogen-bond donors (Lipinski definition) is 2. The molecule has 2 aromatic heterocycles. The highest BCUT2D eigenvalue weighted by atomic mass is 19.4. The van der Waals surface area contributed by atoms with Gasteiger partial charge in [-0.1, -0.05) is 12.1 Å². The monoisotopic (exact) mass is 279 g/mol. The molecule has 0 atom stereocenters. The predicted molar refractivity (Wildman–Crippen MR) is 66.5 cm³/mol. The molecular formula is C12H8F3N5. The standard InChI is InChI=1S/C12H8F3N5/c13-12(14,15)7-3-1-2-6-9(7)18-11(16)19-10(6)8-4-5-17-20-8/h1-5H,(H,17,20)(H2,16,18,19). The molecule has 3 rings (SSSR count). The molecule has 3 N–H and O–H groups in total. The zero-order valence-electron chi connectivity index (χ0n) is 9.94. The Labute approximate surface area is 110 Å². The van der Waals surface area contributed by atoms with Gasteiger partial charge in [0.15, 0.2) is 0 Å². The maximum atomic E-state index is 13.0. The van der Waals surface area contributed by atoms with Crippen LogP contribution in [0, 0.1) is 0 Å². The molecule has 0 saturated carbocycles. The van der Waals surface area contributed by atoms with Crippen LogP contribution in [-0.2, 0) is 6.18 Å². The van der Waals surface area contributed by atoms with Gasteiger partial charge >= 0.3 is 6.18 Å². The van der Waals surface area contributed by atoms with Crippen LogP contribution in [-0.4, -0.2) is 20.2 Å². The van der Waals surface area contributed by atoms with Gasteiger partial charge in [-0.2, -0.15) is 18.3 Å². The second-order valence-electron chi connectivity index (χ2n) is 4.10. The Balaban J connectivity index is 2.39. The Morgan fingerprint density at radius 1 is 1.10 bits per heavy atom. The summed E-state index contributed by atoms with van der Waals surface area (Å²) < 4.78 is 39.0. The first-order chi connectivity index (χ1) is 9.47. The smallest absolute Gasteiger partial charge is 0.368 e. The Morgan fingerprint density at radius 3 is 2.55 bits per heavy atom. The van der Waals surface area contributed by atoms with Gasteiger partial charge in [0.2, 0.25) is 5.95 Å². The molecule has 0 saturated heterocycles. The van der Waals surface area contributed by atoms with Crippen molar-refractivity contribution >= 4 is 16.9 Å². The van der Waals surface area contributed by atoms with Crippen LogP contribution >= 0.6 is 0 Å². The highest BCUT2D eigenvalue weighted by Crippen LogP contribution is 2.36. The van der Waals surface area contributed by atoms with E-state index in [1.807, 2.05) is 0 Å². The molecule has 102 valence electrons. The average Bonchev–Trinajstić information content (AvgIpc) is 2.89. The van der Waals surface area contributed by atoms with Gasteiger partial charge in [0.25, 0.3) is 0 Å². The fourth-order valence-corrected chi connectivity index (χ4v) is 1.99. The van der Waals surface area contributed by atoms with Crippen molar-refractivity contribution in [3.05, 3.63) is 36.0 Å². The van der Waals surface area contributed by atoms with Crippen molar-refractivity contribution in [1.29, 1.82) is 0 Å². The number of anilines is 1. The first-order valence-electron chi connectivity index (χ1n) is 5.60. The first kappa shape index (κ1) is 12.4. The van der Waals surface area contributed by atoms with Crippen LogP contribution in [0.1, 0.15) is 5.56 Å². The molecule has 0 aliphatic rings. The minimum atomic E-state index is -4.51. The number of H-pyrrole nitrogens is 1. The number of halogens is 3. The summed E-state index contributed by atoms with van der Waals surface area (Å²) >= 11 is 0. The van der Waals surface area contributed by atoms with E-state index < -0.39 is 11.7 Å². The van der Waals surface area contributed by atoms with Crippen molar-refractivity contribution in [3.63, 3.8) is 0 Å². The fraction of sp³-hybridized carbons (Fsp3) is 0.0833. The number of nitrogens with one attached hydrogen (secondary N) is 1. The quantitative estimate of drug-likeness (QED) is 0.717. The Hall–Kier alpha value is -2.64. The summed E-state index contributed by atoms with van der Waals surface area (Å²) in [5, 5.41) is 6.67. The maximum Gasteiger partial charge on any atom is 0.418 e. The van der Waals surface area contributed by atoms with E-state index in [1.54, 1.807) is 6.07 Å². The van der Waals surface area contributed by atoms with E-state index in [-0.39, 0.29) is 22.5 Å². The average molecular weight is 279 g/mol. The minimum absolute atomic E-state index is 0.223. The molecule has 0 unspecified atom stereocenters. The lowest BCUT2D eigenvalue weighted by Crippen LogP contribution is -2.08. The Bertz CT molecular complexity index is 765. The van der Waals surface area contributed by atoms with Gasteiger partial charge in [0, 0.05) is 11.6 Å². The number of hydrogen-bond acceptors (Lipinski definition) is 4. The molecule has 8 heteroatoms. The van der Waals surface area contributed by atoms with E-state index in [4.69, 9.17) is 5.73 Å². The van der Waals surface area contributed by atoms with Crippen LogP contribution < -0.4 is 5.73 Å². The van der Waals surface area contributed by atoms with E-state index >= 15 is 0 Å². The van der Waals surface area contributed by atoms with Crippen LogP contribution in [0.25, 0.3) is 22.3 Å². The zero-order valence-corrected chi connectivity index (χ0v) is 9.94. The van der Waals surface area contributed by atoms with Crippen molar-refractivity contribution in [1.82, 2.24) is 20.2 Å². The highest BCUT2D eigenvalue weighted by Gasteiger charge is 2.33. The van der Waals surface area contributed by atoms with E-state index in [9.17, 15) is 13.2 Å². The van der Waals surface area contributed by atoms with Gasteiger partial charge in [-0.15, -0.1) is 0 Å². The van der Waals surface area contributed by atoms with Crippen LogP contribution in [0.4, 0.5) is 19.1 Å². The molecule has 0 radical (unpaired) electrons. The van der Waals surface area contributed by atoms with Gasteiger partial charge < -0.3 is 5.73 Å². The Kier molecular flexibility index (Phi) is 2.60. The third kappa shape index (κ3) is 1.94. The number of benzene rings is 1. The number of nitrogen functional groups attached to an aromatic ring is 1. The number of nitrogens with two attached hydrogens (primary N) is 1. The Morgan fingerprint density at radius 2 is 1.90 bits per heavy atom. The van der Waals surface area contributed by atoms with E-state index in [2.05, 4.69) is 20.2 Å². The molecule has 0 aliphatic heterocycles. The highest BCUT2D eigenvalue weighted by molar-refractivity contribution is 5.94. The van der Waals surface area contributed by atoms with Crippen molar-refractivity contribution in [2.45, 2.75) is 6.18 Å². The maximum absolute atomic E-state index is 13.0. The third-order valence-corrected chi connectivity index (χ3v) is 2.81.